The summed E-state index contributed by atoms with van der Waals surface area (Å²) < 4.78 is 53.6. The Bertz CT molecular complexity index is 1870. The van der Waals surface area contributed by atoms with Crippen molar-refractivity contribution in [3.8, 4) is 0 Å². The van der Waals surface area contributed by atoms with Crippen LogP contribution in [0, 0.1) is 17.7 Å². The van der Waals surface area contributed by atoms with E-state index < -0.39 is 16.1 Å². The van der Waals surface area contributed by atoms with Crippen molar-refractivity contribution < 1.29 is 31.9 Å². The van der Waals surface area contributed by atoms with Gasteiger partial charge in [0, 0.05) is 61.3 Å². The molecule has 268 valence electrons. The number of fused-ring (bicyclic) bond motifs is 2. The van der Waals surface area contributed by atoms with E-state index in [-0.39, 0.29) is 60.6 Å². The van der Waals surface area contributed by atoms with E-state index in [9.17, 15) is 22.4 Å². The Balaban J connectivity index is 0.850. The van der Waals surface area contributed by atoms with Crippen LogP contribution in [0.2, 0.25) is 0 Å². The van der Waals surface area contributed by atoms with Crippen LogP contribution >= 0.6 is 0 Å². The molecular weight excluding hydrogens is 662 g/mol. The quantitative estimate of drug-likeness (QED) is 0.225. The van der Waals surface area contributed by atoms with Crippen molar-refractivity contribution >= 4 is 38.5 Å². The molecule has 0 spiro atoms. The highest BCUT2D eigenvalue weighted by molar-refractivity contribution is 7.89. The van der Waals surface area contributed by atoms with Crippen LogP contribution in [0.5, 0.6) is 0 Å². The van der Waals surface area contributed by atoms with E-state index in [1.807, 2.05) is 37.2 Å². The maximum absolute atomic E-state index is 13.7. The van der Waals surface area contributed by atoms with Crippen molar-refractivity contribution in [1.29, 1.82) is 0 Å². The smallest absolute Gasteiger partial charge is 0.407 e. The Morgan fingerprint density at radius 2 is 1.64 bits per heavy atom. The van der Waals surface area contributed by atoms with E-state index in [4.69, 9.17) is 9.47 Å². The van der Waals surface area contributed by atoms with Gasteiger partial charge < -0.3 is 29.9 Å². The summed E-state index contributed by atoms with van der Waals surface area (Å²) in [5.41, 5.74) is 2.18. The number of anilines is 1. The second-order valence-corrected chi connectivity index (χ2v) is 16.6. The maximum Gasteiger partial charge on any atom is 0.407 e. The zero-order chi connectivity index (χ0) is 35.1. The lowest BCUT2D eigenvalue weighted by Crippen LogP contribution is -2.69. The van der Waals surface area contributed by atoms with Crippen LogP contribution in [0.3, 0.4) is 0 Å². The maximum atomic E-state index is 13.7. The van der Waals surface area contributed by atoms with E-state index in [0.29, 0.717) is 30.3 Å². The van der Waals surface area contributed by atoms with Crippen molar-refractivity contribution in [3.63, 3.8) is 0 Å². The number of sulfonamides is 1. The monoisotopic (exact) mass is 707 g/mol. The van der Waals surface area contributed by atoms with Gasteiger partial charge >= 0.3 is 6.09 Å². The molecule has 0 aromatic heterocycles. The SMILES string of the molecule is CN(C)c1cccc2c(S(=O)(=O)NCCOCCOC(=O)NC34CC5CC(CC(NCC(=O)N6Cc7ccc(F)cc7C6)(C5)C3)C4)cccc12. The summed E-state index contributed by atoms with van der Waals surface area (Å²) in [5, 5.41) is 8.31. The van der Waals surface area contributed by atoms with Crippen molar-refractivity contribution in [2.75, 3.05) is 51.9 Å². The molecular formula is C37H46FN5O6S. The second kappa shape index (κ2) is 13.7. The molecule has 2 unspecified atom stereocenters. The van der Waals surface area contributed by atoms with Gasteiger partial charge in [0.2, 0.25) is 15.9 Å². The van der Waals surface area contributed by atoms with Gasteiger partial charge in [-0.15, -0.1) is 0 Å². The highest BCUT2D eigenvalue weighted by atomic mass is 32.2. The Labute approximate surface area is 292 Å². The fraction of sp³-hybridized carbons (Fsp3) is 0.514. The minimum absolute atomic E-state index is 0.00118. The summed E-state index contributed by atoms with van der Waals surface area (Å²) in [6.45, 7) is 1.50. The Hall–Kier alpha value is -3.78. The van der Waals surface area contributed by atoms with Crippen molar-refractivity contribution in [2.24, 2.45) is 11.8 Å². The first-order valence-corrected chi connectivity index (χ1v) is 18.9. The molecule has 2 amide bonds. The average Bonchev–Trinajstić information content (AvgIpc) is 3.49. The van der Waals surface area contributed by atoms with Crippen LogP contribution in [0.1, 0.15) is 49.7 Å². The molecule has 13 heteroatoms. The van der Waals surface area contributed by atoms with Crippen LogP contribution in [-0.4, -0.2) is 83.4 Å². The summed E-state index contributed by atoms with van der Waals surface area (Å²) in [6, 6.07) is 15.5. The minimum atomic E-state index is -3.78. The number of amides is 2. The number of alkyl carbamates (subject to hydrolysis) is 1. The lowest BCUT2D eigenvalue weighted by Gasteiger charge is -2.62. The molecule has 11 nitrogen and oxygen atoms in total. The largest absolute Gasteiger partial charge is 0.447 e. The van der Waals surface area contributed by atoms with Gasteiger partial charge in [-0.05, 0) is 85.8 Å². The van der Waals surface area contributed by atoms with E-state index in [2.05, 4.69) is 15.4 Å². The molecule has 1 heterocycles. The summed E-state index contributed by atoms with van der Waals surface area (Å²) in [4.78, 5) is 30.1. The van der Waals surface area contributed by atoms with Crippen LogP contribution in [0.15, 0.2) is 59.5 Å². The molecule has 4 fully saturated rings. The lowest BCUT2D eigenvalue weighted by molar-refractivity contribution is -0.132. The zero-order valence-electron chi connectivity index (χ0n) is 28.7. The van der Waals surface area contributed by atoms with Crippen LogP contribution < -0.4 is 20.3 Å². The Morgan fingerprint density at radius 3 is 2.42 bits per heavy atom. The molecule has 1 aliphatic heterocycles. The highest BCUT2D eigenvalue weighted by Gasteiger charge is 2.58. The molecule has 50 heavy (non-hydrogen) atoms. The molecule has 3 N–H and O–H groups in total. The molecule has 4 bridgehead atoms. The summed E-state index contributed by atoms with van der Waals surface area (Å²) in [7, 11) is 0.0636. The molecule has 2 atom stereocenters. The third-order valence-corrected chi connectivity index (χ3v) is 12.4. The fourth-order valence-electron chi connectivity index (χ4n) is 9.29. The third kappa shape index (κ3) is 7.19. The topological polar surface area (TPSA) is 129 Å². The second-order valence-electron chi connectivity index (χ2n) is 14.8. The van der Waals surface area contributed by atoms with Gasteiger partial charge in [-0.25, -0.2) is 22.3 Å². The van der Waals surface area contributed by atoms with Gasteiger partial charge in [0.15, 0.2) is 0 Å². The van der Waals surface area contributed by atoms with Gasteiger partial charge in [0.25, 0.3) is 0 Å². The first kappa shape index (κ1) is 34.7. The van der Waals surface area contributed by atoms with Gasteiger partial charge in [0.05, 0.1) is 24.7 Å². The molecule has 8 rings (SSSR count). The van der Waals surface area contributed by atoms with E-state index in [1.165, 1.54) is 12.1 Å². The van der Waals surface area contributed by atoms with Crippen molar-refractivity contribution in [1.82, 2.24) is 20.3 Å². The first-order chi connectivity index (χ1) is 23.9. The Kier molecular flexibility index (Phi) is 9.52. The zero-order valence-corrected chi connectivity index (χ0v) is 29.5. The summed E-state index contributed by atoms with van der Waals surface area (Å²) in [5.74, 6) is 0.646. The number of hydrogen-bond donors (Lipinski definition) is 3. The molecule has 3 aromatic carbocycles. The van der Waals surface area contributed by atoms with Gasteiger partial charge in [-0.3, -0.25) is 4.79 Å². The standard InChI is InChI=1S/C37H46FN5O6S/c1-42(2)32-7-3-6-31-30(32)5-4-8-33(31)50(46,47)40-11-12-48-13-14-49-35(45)41-37-19-25-15-26(20-37)18-36(17-25,24-37)39-21-34(44)43-22-27-9-10-29(38)16-28(27)23-43/h3-10,16,25-26,39-40H,11-15,17-24H2,1-2H3,(H,41,45). The first-order valence-electron chi connectivity index (χ1n) is 17.4. The molecule has 4 saturated carbocycles. The minimum Gasteiger partial charge on any atom is -0.447 e. The van der Waals surface area contributed by atoms with Crippen LogP contribution in [0.4, 0.5) is 14.9 Å². The van der Waals surface area contributed by atoms with E-state index >= 15 is 0 Å². The third-order valence-electron chi connectivity index (χ3n) is 10.9. The molecule has 0 saturated heterocycles. The van der Waals surface area contributed by atoms with Gasteiger partial charge in [0.1, 0.15) is 12.4 Å². The van der Waals surface area contributed by atoms with Crippen molar-refractivity contribution in [2.45, 2.75) is 67.6 Å². The molecule has 4 aliphatic carbocycles. The van der Waals surface area contributed by atoms with E-state index in [0.717, 1.165) is 60.7 Å². The van der Waals surface area contributed by atoms with Gasteiger partial charge in [-0.1, -0.05) is 30.3 Å². The number of halogens is 1. The number of carbonyl (C=O) groups excluding carboxylic acids is 2. The summed E-state index contributed by atoms with van der Waals surface area (Å²) >= 11 is 0. The predicted molar refractivity (Wildman–Crippen MR) is 188 cm³/mol. The summed E-state index contributed by atoms with van der Waals surface area (Å²) in [6.07, 6.45) is 5.14. The van der Waals surface area contributed by atoms with Crippen LogP contribution in [0.25, 0.3) is 10.8 Å². The number of ether oxygens (including phenoxy) is 2. The van der Waals surface area contributed by atoms with Crippen molar-refractivity contribution in [3.05, 3.63) is 71.5 Å². The fourth-order valence-corrected chi connectivity index (χ4v) is 10.5. The highest BCUT2D eigenvalue weighted by Crippen LogP contribution is 2.57. The van der Waals surface area contributed by atoms with Gasteiger partial charge in [-0.2, -0.15) is 0 Å². The molecule has 0 radical (unpaired) electrons. The number of rotatable bonds is 13. The predicted octanol–water partition coefficient (Wildman–Crippen LogP) is 4.29. The number of carbonyl (C=O) groups is 2. The lowest BCUT2D eigenvalue weighted by atomic mass is 9.50. The van der Waals surface area contributed by atoms with Crippen LogP contribution in [-0.2, 0) is 37.4 Å². The molecule has 3 aromatic rings. The Morgan fingerprint density at radius 1 is 0.920 bits per heavy atom. The number of nitrogens with zero attached hydrogens (tertiary/aromatic N) is 2. The number of nitrogens with one attached hydrogen (secondary N) is 3. The normalized spacial score (nSPS) is 25.1. The average molecular weight is 708 g/mol. The van der Waals surface area contributed by atoms with E-state index in [1.54, 1.807) is 29.2 Å². The molecule has 5 aliphatic rings. The number of hydrogen-bond acceptors (Lipinski definition) is 8. The number of benzene rings is 3.